The third-order valence-electron chi connectivity index (χ3n) is 5.53. The summed E-state index contributed by atoms with van der Waals surface area (Å²) in [4.78, 5) is 33.8. The molecule has 0 fully saturated rings. The summed E-state index contributed by atoms with van der Waals surface area (Å²) in [5.74, 6) is 0.251. The van der Waals surface area contributed by atoms with Gasteiger partial charge in [-0.2, -0.15) is 4.98 Å². The Labute approximate surface area is 204 Å². The fraction of sp³-hybridized carbons (Fsp3) is 0.240. The van der Waals surface area contributed by atoms with Crippen molar-refractivity contribution in [2.45, 2.75) is 37.7 Å². The summed E-state index contributed by atoms with van der Waals surface area (Å²) in [6, 6.07) is 16.5. The molecule has 0 N–H and O–H groups in total. The van der Waals surface area contributed by atoms with Crippen molar-refractivity contribution in [1.82, 2.24) is 24.1 Å². The minimum absolute atomic E-state index is 0.185. The first-order valence-electron chi connectivity index (χ1n) is 11.2. The minimum atomic E-state index is -0.416. The number of carbonyl (C=O) groups excluding carboxylic acids is 1. The van der Waals surface area contributed by atoms with Crippen molar-refractivity contribution in [1.29, 1.82) is 0 Å². The van der Waals surface area contributed by atoms with E-state index in [1.54, 1.807) is 27.3 Å². The van der Waals surface area contributed by atoms with Crippen molar-refractivity contribution >= 4 is 34.6 Å². The first-order valence-corrected chi connectivity index (χ1v) is 12.2. The molecule has 0 aliphatic rings. The molecule has 35 heavy (non-hydrogen) atoms. The highest BCUT2D eigenvalue weighted by Gasteiger charge is 2.15. The van der Waals surface area contributed by atoms with Gasteiger partial charge in [-0.25, -0.2) is 19.1 Å². The number of hydrogen-bond acceptors (Lipinski definition) is 8. The monoisotopic (exact) mass is 489 g/mol. The number of rotatable bonds is 8. The van der Waals surface area contributed by atoms with Gasteiger partial charge in [-0.05, 0) is 50.1 Å². The summed E-state index contributed by atoms with van der Waals surface area (Å²) in [6.07, 6.45) is 0.489. The molecule has 0 atom stereocenters. The summed E-state index contributed by atoms with van der Waals surface area (Å²) < 4.78 is 14.0. The van der Waals surface area contributed by atoms with Crippen molar-refractivity contribution in [2.75, 3.05) is 6.61 Å². The van der Waals surface area contributed by atoms with E-state index in [-0.39, 0.29) is 6.61 Å². The average molecular weight is 490 g/mol. The Kier molecular flexibility index (Phi) is 6.37. The van der Waals surface area contributed by atoms with Crippen LogP contribution in [0.5, 0.6) is 0 Å². The minimum Gasteiger partial charge on any atom is -0.462 e. The van der Waals surface area contributed by atoms with Gasteiger partial charge < -0.3 is 9.15 Å². The lowest BCUT2D eigenvalue weighted by atomic mass is 10.1. The van der Waals surface area contributed by atoms with Crippen LogP contribution in [0.4, 0.5) is 0 Å². The molecule has 9 nitrogen and oxygen atoms in total. The van der Waals surface area contributed by atoms with Gasteiger partial charge >= 0.3 is 11.7 Å². The van der Waals surface area contributed by atoms with Gasteiger partial charge in [0, 0.05) is 23.7 Å². The molecule has 10 heteroatoms. The molecule has 0 unspecified atom stereocenters. The maximum absolute atomic E-state index is 12.8. The maximum atomic E-state index is 12.8. The fourth-order valence-electron chi connectivity index (χ4n) is 3.89. The molecule has 0 saturated carbocycles. The molecule has 2 aromatic carbocycles. The maximum Gasteiger partial charge on any atom is 0.419 e. The third-order valence-corrected chi connectivity index (χ3v) is 6.41. The average Bonchev–Trinajstić information content (AvgIpc) is 3.40. The van der Waals surface area contributed by atoms with Gasteiger partial charge in [0.05, 0.1) is 17.7 Å². The predicted octanol–water partition coefficient (Wildman–Crippen LogP) is 4.19. The second kappa shape index (κ2) is 9.75. The molecule has 3 heterocycles. The molecule has 3 aromatic heterocycles. The Bertz CT molecular complexity index is 1590. The molecule has 5 rings (SSSR count). The lowest BCUT2D eigenvalue weighted by Gasteiger charge is -2.09. The van der Waals surface area contributed by atoms with Gasteiger partial charge in [-0.1, -0.05) is 42.1 Å². The van der Waals surface area contributed by atoms with Gasteiger partial charge in [0.25, 0.3) is 5.78 Å². The van der Waals surface area contributed by atoms with Gasteiger partial charge in [0.2, 0.25) is 5.16 Å². The largest absolute Gasteiger partial charge is 0.462 e. The van der Waals surface area contributed by atoms with Crippen LogP contribution in [0.15, 0.2) is 69.0 Å². The number of aryl methyl sites for hydroxylation is 3. The lowest BCUT2D eigenvalue weighted by molar-refractivity contribution is 0.0495. The summed E-state index contributed by atoms with van der Waals surface area (Å²) in [7, 11) is 0. The zero-order valence-electron chi connectivity index (χ0n) is 19.3. The number of hydrogen-bond donors (Lipinski definition) is 0. The van der Waals surface area contributed by atoms with E-state index in [2.05, 4.69) is 15.1 Å². The molecule has 0 amide bonds. The highest BCUT2D eigenvalue weighted by atomic mass is 32.2. The molecule has 0 aliphatic heterocycles. The van der Waals surface area contributed by atoms with Gasteiger partial charge in [-0.15, -0.1) is 5.10 Å². The number of esters is 1. The van der Waals surface area contributed by atoms with Crippen molar-refractivity contribution in [3.63, 3.8) is 0 Å². The number of ether oxygens (including phenoxy) is 1. The molecular weight excluding hydrogens is 466 g/mol. The van der Waals surface area contributed by atoms with Crippen LogP contribution in [0.1, 0.15) is 33.7 Å². The van der Waals surface area contributed by atoms with Crippen LogP contribution in [-0.4, -0.2) is 36.7 Å². The van der Waals surface area contributed by atoms with Crippen LogP contribution in [0, 0.1) is 13.8 Å². The first kappa shape index (κ1) is 22.9. The normalized spacial score (nSPS) is 11.4. The van der Waals surface area contributed by atoms with E-state index in [1.807, 2.05) is 50.2 Å². The molecule has 178 valence electrons. The Morgan fingerprint density at radius 3 is 2.77 bits per heavy atom. The summed E-state index contributed by atoms with van der Waals surface area (Å²) in [5.41, 5.74) is 4.45. The number of fused-ring (bicyclic) bond motifs is 2. The Balaban J connectivity index is 1.21. The second-order valence-electron chi connectivity index (χ2n) is 8.07. The van der Waals surface area contributed by atoms with E-state index in [1.165, 1.54) is 11.8 Å². The quantitative estimate of drug-likeness (QED) is 0.182. The Hall–Kier alpha value is -3.92. The van der Waals surface area contributed by atoms with Crippen molar-refractivity contribution in [3.8, 4) is 0 Å². The van der Waals surface area contributed by atoms with E-state index in [0.717, 1.165) is 22.5 Å². The molecule has 0 bridgehead atoms. The molecule has 0 aliphatic carbocycles. The summed E-state index contributed by atoms with van der Waals surface area (Å²) in [5, 5.41) is 5.10. The zero-order valence-corrected chi connectivity index (χ0v) is 20.1. The Morgan fingerprint density at radius 2 is 1.89 bits per heavy atom. The highest BCUT2D eigenvalue weighted by molar-refractivity contribution is 7.98. The number of nitrogens with zero attached hydrogens (tertiary/aromatic N) is 5. The fourth-order valence-corrected chi connectivity index (χ4v) is 4.71. The van der Waals surface area contributed by atoms with E-state index >= 15 is 0 Å². The van der Waals surface area contributed by atoms with Crippen LogP contribution in [0.2, 0.25) is 0 Å². The van der Waals surface area contributed by atoms with Crippen LogP contribution in [0.25, 0.3) is 16.9 Å². The standard InChI is InChI=1S/C25H23N5O4S/c1-16-14-17(2)30-23(26-16)27-24(28-30)35-15-18-8-3-4-9-19(18)22(31)33-13-7-12-29-20-10-5-6-11-21(20)34-25(29)32/h3-6,8-11,14H,7,12-13,15H2,1-2H3. The first-order chi connectivity index (χ1) is 17.0. The topological polar surface area (TPSA) is 105 Å². The van der Waals surface area contributed by atoms with E-state index in [0.29, 0.717) is 40.8 Å². The number of aromatic nitrogens is 5. The van der Waals surface area contributed by atoms with Gasteiger partial charge in [0.1, 0.15) is 0 Å². The lowest BCUT2D eigenvalue weighted by Crippen LogP contribution is -2.16. The SMILES string of the molecule is Cc1cc(C)n2nc(SCc3ccccc3C(=O)OCCCn3c(=O)oc4ccccc43)nc2n1. The highest BCUT2D eigenvalue weighted by Crippen LogP contribution is 2.23. The van der Waals surface area contributed by atoms with Gasteiger partial charge in [0.15, 0.2) is 5.58 Å². The van der Waals surface area contributed by atoms with Crippen molar-refractivity contribution in [3.05, 3.63) is 87.7 Å². The van der Waals surface area contributed by atoms with Crippen LogP contribution >= 0.6 is 11.8 Å². The van der Waals surface area contributed by atoms with Crippen LogP contribution in [-0.2, 0) is 17.0 Å². The predicted molar refractivity (Wildman–Crippen MR) is 132 cm³/mol. The third kappa shape index (κ3) is 4.83. The van der Waals surface area contributed by atoms with Crippen molar-refractivity contribution < 1.29 is 13.9 Å². The molecule has 0 radical (unpaired) electrons. The van der Waals surface area contributed by atoms with Crippen LogP contribution in [0.3, 0.4) is 0 Å². The number of benzene rings is 2. The zero-order chi connectivity index (χ0) is 24.4. The number of thioether (sulfide) groups is 1. The van der Waals surface area contributed by atoms with Gasteiger partial charge in [-0.3, -0.25) is 4.57 Å². The Morgan fingerprint density at radius 1 is 1.09 bits per heavy atom. The summed E-state index contributed by atoms with van der Waals surface area (Å²) >= 11 is 1.44. The van der Waals surface area contributed by atoms with Crippen LogP contribution < -0.4 is 5.76 Å². The summed E-state index contributed by atoms with van der Waals surface area (Å²) in [6.45, 7) is 4.46. The van der Waals surface area contributed by atoms with E-state index < -0.39 is 11.7 Å². The second-order valence-corrected chi connectivity index (χ2v) is 9.01. The molecular formula is C25H23N5O4S. The number of oxazole rings is 1. The number of carbonyl (C=O) groups is 1. The smallest absolute Gasteiger partial charge is 0.419 e. The molecule has 0 spiro atoms. The van der Waals surface area contributed by atoms with E-state index in [9.17, 15) is 9.59 Å². The van der Waals surface area contributed by atoms with Crippen molar-refractivity contribution in [2.24, 2.45) is 0 Å². The molecule has 5 aromatic rings. The van der Waals surface area contributed by atoms with E-state index in [4.69, 9.17) is 9.15 Å². The number of para-hydroxylation sites is 2. The molecule has 0 saturated heterocycles.